The Hall–Kier alpha value is -1.62. The summed E-state index contributed by atoms with van der Waals surface area (Å²) in [6.07, 6.45) is 4.46. The van der Waals surface area contributed by atoms with Gasteiger partial charge in [0.1, 0.15) is 5.82 Å². The minimum absolute atomic E-state index is 0.0817. The van der Waals surface area contributed by atoms with E-state index in [0.29, 0.717) is 6.54 Å². The van der Waals surface area contributed by atoms with Crippen molar-refractivity contribution in [2.45, 2.75) is 38.1 Å². The molecule has 0 heterocycles. The first-order valence-corrected chi connectivity index (χ1v) is 7.58. The van der Waals surface area contributed by atoms with Gasteiger partial charge in [-0.25, -0.2) is 9.18 Å². The highest BCUT2D eigenvalue weighted by Crippen LogP contribution is 2.24. The largest absolute Gasteiger partial charge is 0.396 e. The molecule has 1 fully saturated rings. The van der Waals surface area contributed by atoms with E-state index in [-0.39, 0.29) is 30.4 Å². The minimum atomic E-state index is -0.227. The highest BCUT2D eigenvalue weighted by Gasteiger charge is 2.27. The number of carbonyl (C=O) groups excluding carboxylic acids is 1. The van der Waals surface area contributed by atoms with E-state index >= 15 is 0 Å². The van der Waals surface area contributed by atoms with Gasteiger partial charge in [0.15, 0.2) is 0 Å². The first kappa shape index (κ1) is 15.8. The molecule has 1 saturated carbocycles. The van der Waals surface area contributed by atoms with Crippen LogP contribution in [0.2, 0.25) is 0 Å². The first-order chi connectivity index (χ1) is 10.2. The molecule has 0 aliphatic heterocycles. The molecular weight excluding hydrogens is 271 g/mol. The van der Waals surface area contributed by atoms with E-state index in [1.54, 1.807) is 6.07 Å². The van der Waals surface area contributed by atoms with Crippen LogP contribution in [-0.4, -0.2) is 30.3 Å². The van der Waals surface area contributed by atoms with Crippen LogP contribution < -0.4 is 10.6 Å². The lowest BCUT2D eigenvalue weighted by molar-refractivity contribution is 0.199. The average Bonchev–Trinajstić information content (AvgIpc) is 2.91. The second-order valence-electron chi connectivity index (χ2n) is 5.61. The van der Waals surface area contributed by atoms with Gasteiger partial charge in [-0.15, -0.1) is 0 Å². The molecule has 1 aliphatic rings. The van der Waals surface area contributed by atoms with E-state index in [1.807, 2.05) is 6.07 Å². The number of amides is 2. The highest BCUT2D eigenvalue weighted by molar-refractivity contribution is 5.74. The lowest BCUT2D eigenvalue weighted by Gasteiger charge is -2.19. The number of halogens is 1. The van der Waals surface area contributed by atoms with Gasteiger partial charge >= 0.3 is 6.03 Å². The van der Waals surface area contributed by atoms with Crippen LogP contribution in [0.3, 0.4) is 0 Å². The first-order valence-electron chi connectivity index (χ1n) is 7.58. The van der Waals surface area contributed by atoms with Crippen LogP contribution in [0, 0.1) is 11.7 Å². The zero-order chi connectivity index (χ0) is 15.1. The van der Waals surface area contributed by atoms with Gasteiger partial charge in [0.25, 0.3) is 0 Å². The van der Waals surface area contributed by atoms with Gasteiger partial charge in [-0.05, 0) is 43.4 Å². The number of benzene rings is 1. The number of hydrogen-bond acceptors (Lipinski definition) is 2. The lowest BCUT2D eigenvalue weighted by atomic mass is 10.1. The van der Waals surface area contributed by atoms with Crippen molar-refractivity contribution in [3.63, 3.8) is 0 Å². The quantitative estimate of drug-likeness (QED) is 0.705. The van der Waals surface area contributed by atoms with Gasteiger partial charge in [0.2, 0.25) is 0 Å². The standard InChI is InChI=1S/C16H23FN2O2/c17-14-7-1-4-12(10-14)5-3-9-18-16(21)19-15-8-2-6-13(15)11-20/h1,4,7,10,13,15,20H,2-3,5-6,8-9,11H2,(H2,18,19,21)/t13-,15+/m0/s1. The Kier molecular flexibility index (Phi) is 5.99. The molecule has 1 aliphatic carbocycles. The molecule has 116 valence electrons. The lowest BCUT2D eigenvalue weighted by Crippen LogP contribution is -2.44. The van der Waals surface area contributed by atoms with Crippen molar-refractivity contribution in [1.82, 2.24) is 10.6 Å². The molecule has 0 bridgehead atoms. The molecule has 1 aromatic rings. The second kappa shape index (κ2) is 7.98. The Morgan fingerprint density at radius 2 is 2.24 bits per heavy atom. The summed E-state index contributed by atoms with van der Waals surface area (Å²) in [5.74, 6) is -0.0440. The molecule has 2 atom stereocenters. The maximum absolute atomic E-state index is 13.0. The summed E-state index contributed by atoms with van der Waals surface area (Å²) in [6.45, 7) is 0.684. The Bertz CT molecular complexity index is 467. The van der Waals surface area contributed by atoms with Gasteiger partial charge in [0.05, 0.1) is 0 Å². The normalized spacial score (nSPS) is 21.2. The van der Waals surface area contributed by atoms with Gasteiger partial charge in [-0.3, -0.25) is 0 Å². The summed E-state index contributed by atoms with van der Waals surface area (Å²) in [5.41, 5.74) is 0.938. The van der Waals surface area contributed by atoms with Crippen LogP contribution >= 0.6 is 0 Å². The fraction of sp³-hybridized carbons (Fsp3) is 0.562. The fourth-order valence-corrected chi connectivity index (χ4v) is 2.85. The van der Waals surface area contributed by atoms with Crippen molar-refractivity contribution in [2.24, 2.45) is 5.92 Å². The Morgan fingerprint density at radius 3 is 3.00 bits per heavy atom. The van der Waals surface area contributed by atoms with Crippen molar-refractivity contribution in [3.05, 3.63) is 35.6 Å². The Morgan fingerprint density at radius 1 is 1.38 bits per heavy atom. The van der Waals surface area contributed by atoms with Crippen LogP contribution in [0.25, 0.3) is 0 Å². The second-order valence-corrected chi connectivity index (χ2v) is 5.61. The maximum Gasteiger partial charge on any atom is 0.315 e. The van der Waals surface area contributed by atoms with Gasteiger partial charge < -0.3 is 15.7 Å². The minimum Gasteiger partial charge on any atom is -0.396 e. The predicted molar refractivity (Wildman–Crippen MR) is 79.5 cm³/mol. The third kappa shape index (κ3) is 5.01. The molecule has 21 heavy (non-hydrogen) atoms. The smallest absolute Gasteiger partial charge is 0.315 e. The number of hydrogen-bond donors (Lipinski definition) is 3. The van der Waals surface area contributed by atoms with Crippen molar-refractivity contribution in [2.75, 3.05) is 13.2 Å². The third-order valence-electron chi connectivity index (χ3n) is 4.03. The van der Waals surface area contributed by atoms with Crippen LogP contribution in [0.5, 0.6) is 0 Å². The summed E-state index contributed by atoms with van der Waals surface area (Å²) in [4.78, 5) is 11.8. The van der Waals surface area contributed by atoms with Crippen molar-refractivity contribution in [3.8, 4) is 0 Å². The number of aliphatic hydroxyl groups excluding tert-OH is 1. The monoisotopic (exact) mass is 294 g/mol. The molecule has 2 amide bonds. The SMILES string of the molecule is O=C(NCCCc1cccc(F)c1)N[C@@H]1CCC[C@H]1CO. The topological polar surface area (TPSA) is 61.4 Å². The van der Waals surface area contributed by atoms with Crippen molar-refractivity contribution in [1.29, 1.82) is 0 Å². The molecule has 4 nitrogen and oxygen atoms in total. The number of aliphatic hydroxyl groups is 1. The molecule has 0 saturated heterocycles. The third-order valence-corrected chi connectivity index (χ3v) is 4.03. The highest BCUT2D eigenvalue weighted by atomic mass is 19.1. The molecule has 5 heteroatoms. The average molecular weight is 294 g/mol. The number of rotatable bonds is 6. The number of aryl methyl sites for hydroxylation is 1. The number of nitrogens with one attached hydrogen (secondary N) is 2. The van der Waals surface area contributed by atoms with Crippen LogP contribution in [0.15, 0.2) is 24.3 Å². The molecule has 0 aromatic heterocycles. The van der Waals surface area contributed by atoms with Crippen LogP contribution in [0.4, 0.5) is 9.18 Å². The Labute approximate surface area is 124 Å². The van der Waals surface area contributed by atoms with Gasteiger partial charge in [0, 0.05) is 25.1 Å². The zero-order valence-corrected chi connectivity index (χ0v) is 12.1. The van der Waals surface area contributed by atoms with E-state index in [9.17, 15) is 14.3 Å². The molecule has 1 aromatic carbocycles. The zero-order valence-electron chi connectivity index (χ0n) is 12.1. The van der Waals surface area contributed by atoms with Crippen molar-refractivity contribution < 1.29 is 14.3 Å². The van der Waals surface area contributed by atoms with Crippen molar-refractivity contribution >= 4 is 6.03 Å². The maximum atomic E-state index is 13.0. The van der Waals surface area contributed by atoms with E-state index < -0.39 is 0 Å². The molecule has 0 radical (unpaired) electrons. The van der Waals surface area contributed by atoms with Crippen LogP contribution in [-0.2, 0) is 6.42 Å². The van der Waals surface area contributed by atoms with E-state index in [4.69, 9.17) is 0 Å². The molecular formula is C16H23FN2O2. The molecule has 2 rings (SSSR count). The van der Waals surface area contributed by atoms with E-state index in [0.717, 1.165) is 37.7 Å². The summed E-state index contributed by atoms with van der Waals surface area (Å²) in [5, 5.41) is 14.9. The number of carbonyl (C=O) groups is 1. The summed E-state index contributed by atoms with van der Waals surface area (Å²) in [7, 11) is 0. The molecule has 0 unspecified atom stereocenters. The van der Waals surface area contributed by atoms with E-state index in [1.165, 1.54) is 12.1 Å². The van der Waals surface area contributed by atoms with Gasteiger partial charge in [-0.2, -0.15) is 0 Å². The summed E-state index contributed by atoms with van der Waals surface area (Å²) >= 11 is 0. The Balaban J connectivity index is 1.63. The fourth-order valence-electron chi connectivity index (χ4n) is 2.85. The predicted octanol–water partition coefficient (Wildman–Crippen LogP) is 2.22. The van der Waals surface area contributed by atoms with E-state index in [2.05, 4.69) is 10.6 Å². The van der Waals surface area contributed by atoms with Crippen LogP contribution in [0.1, 0.15) is 31.2 Å². The summed E-state index contributed by atoms with van der Waals surface area (Å²) < 4.78 is 13.0. The van der Waals surface area contributed by atoms with Gasteiger partial charge in [-0.1, -0.05) is 18.6 Å². The summed E-state index contributed by atoms with van der Waals surface area (Å²) in [6, 6.07) is 6.42. The molecule has 0 spiro atoms. The number of urea groups is 1. The molecule has 3 N–H and O–H groups in total.